The molecule has 5 rings (SSSR count). The first-order valence-electron chi connectivity index (χ1n) is 12.6. The largest absolute Gasteiger partial charge is 0.352 e. The highest BCUT2D eigenvalue weighted by Crippen LogP contribution is 2.46. The van der Waals surface area contributed by atoms with Crippen LogP contribution in [-0.2, 0) is 4.79 Å². The van der Waals surface area contributed by atoms with E-state index in [1.807, 2.05) is 11.8 Å². The van der Waals surface area contributed by atoms with Crippen molar-refractivity contribution < 1.29 is 14.0 Å². The van der Waals surface area contributed by atoms with E-state index in [4.69, 9.17) is 0 Å². The van der Waals surface area contributed by atoms with Gasteiger partial charge in [-0.3, -0.25) is 14.5 Å². The molecule has 1 aromatic heterocycles. The number of hydrogen-bond acceptors (Lipinski definition) is 6. The van der Waals surface area contributed by atoms with Gasteiger partial charge in [0, 0.05) is 51.1 Å². The highest BCUT2D eigenvalue weighted by Gasteiger charge is 2.47. The summed E-state index contributed by atoms with van der Waals surface area (Å²) in [6.07, 6.45) is 7.92. The quantitative estimate of drug-likeness (QED) is 0.575. The highest BCUT2D eigenvalue weighted by atomic mass is 32.2. The normalized spacial score (nSPS) is 21.2. The molecule has 0 atom stereocenters. The molecular weight excluding hydrogens is 453 g/mol. The molecule has 0 N–H and O–H groups in total. The van der Waals surface area contributed by atoms with Gasteiger partial charge in [0.25, 0.3) is 0 Å². The maximum atomic E-state index is 13.7. The topological polar surface area (TPSA) is 61.7 Å². The third kappa shape index (κ3) is 4.56. The van der Waals surface area contributed by atoms with E-state index in [1.165, 1.54) is 43.0 Å². The van der Waals surface area contributed by atoms with E-state index >= 15 is 0 Å². The van der Waals surface area contributed by atoms with E-state index in [-0.39, 0.29) is 16.5 Å². The maximum absolute atomic E-state index is 13.7. The number of anilines is 1. The lowest BCUT2D eigenvalue weighted by Gasteiger charge is -2.35. The van der Waals surface area contributed by atoms with Crippen molar-refractivity contribution in [1.29, 1.82) is 0 Å². The van der Waals surface area contributed by atoms with Crippen LogP contribution in [-0.4, -0.2) is 81.3 Å². The van der Waals surface area contributed by atoms with E-state index in [2.05, 4.69) is 19.8 Å². The smallest absolute Gasteiger partial charge is 0.244 e. The van der Waals surface area contributed by atoms with E-state index in [9.17, 15) is 14.0 Å². The Morgan fingerprint density at radius 3 is 2.56 bits per heavy atom. The standard InChI is InChI=1S/C25H34FN5O2S/c1-19(32)31-22-17-20(26)7-8-21(22)23(27-31)29-15-13-28(14-16-29)11-5-6-12-30-18-34-25(24(30)33)9-3-2-4-10-25/h7-8,17H,2-6,9-16,18H2,1H3. The predicted molar refractivity (Wildman–Crippen MR) is 134 cm³/mol. The second kappa shape index (κ2) is 9.85. The minimum atomic E-state index is -0.366. The molecule has 0 unspecified atom stereocenters. The summed E-state index contributed by atoms with van der Waals surface area (Å²) < 4.78 is 15.0. The Kier molecular flexibility index (Phi) is 6.84. The van der Waals surface area contributed by atoms with Gasteiger partial charge >= 0.3 is 0 Å². The van der Waals surface area contributed by atoms with Crippen LogP contribution >= 0.6 is 11.8 Å². The zero-order chi connectivity index (χ0) is 23.7. The number of unbranched alkanes of at least 4 members (excludes halogenated alkanes) is 1. The lowest BCUT2D eigenvalue weighted by atomic mass is 9.87. The van der Waals surface area contributed by atoms with Crippen LogP contribution in [0.5, 0.6) is 0 Å². The summed E-state index contributed by atoms with van der Waals surface area (Å²) in [7, 11) is 0. The molecule has 1 aliphatic carbocycles. The summed E-state index contributed by atoms with van der Waals surface area (Å²) in [5, 5.41) is 5.32. The van der Waals surface area contributed by atoms with Crippen LogP contribution in [0.3, 0.4) is 0 Å². The molecule has 1 saturated carbocycles. The third-order valence-electron chi connectivity index (χ3n) is 7.58. The third-order valence-corrected chi connectivity index (χ3v) is 9.16. The van der Waals surface area contributed by atoms with E-state index in [1.54, 1.807) is 6.07 Å². The van der Waals surface area contributed by atoms with Crippen molar-refractivity contribution in [2.75, 3.05) is 50.0 Å². The van der Waals surface area contributed by atoms with Gasteiger partial charge in [-0.2, -0.15) is 4.68 Å². The average Bonchev–Trinajstić information content (AvgIpc) is 3.36. The Bertz CT molecular complexity index is 1060. The molecule has 1 amide bonds. The molecule has 2 saturated heterocycles. The molecule has 0 radical (unpaired) electrons. The number of rotatable bonds is 6. The highest BCUT2D eigenvalue weighted by molar-refractivity contribution is 8.01. The number of halogens is 1. The molecule has 34 heavy (non-hydrogen) atoms. The number of carbonyl (C=O) groups is 2. The number of carbonyl (C=O) groups excluding carboxylic acids is 2. The SMILES string of the molecule is CC(=O)n1nc(N2CCN(CCCCN3CSC4(CCCCC4)C3=O)CC2)c2ccc(F)cc21. The van der Waals surface area contributed by atoms with E-state index < -0.39 is 0 Å². The number of fused-ring (bicyclic) bond motifs is 1. The summed E-state index contributed by atoms with van der Waals surface area (Å²) in [5.41, 5.74) is 0.523. The lowest BCUT2D eigenvalue weighted by molar-refractivity contribution is -0.132. The molecule has 7 nitrogen and oxygen atoms in total. The number of nitrogens with zero attached hydrogens (tertiary/aromatic N) is 5. The zero-order valence-corrected chi connectivity index (χ0v) is 20.8. The van der Waals surface area contributed by atoms with Crippen molar-refractivity contribution in [1.82, 2.24) is 19.6 Å². The molecule has 0 bridgehead atoms. The Balaban J connectivity index is 1.10. The van der Waals surface area contributed by atoms with Crippen molar-refractivity contribution in [3.63, 3.8) is 0 Å². The van der Waals surface area contributed by atoms with Crippen molar-refractivity contribution in [3.8, 4) is 0 Å². The first kappa shape index (κ1) is 23.6. The van der Waals surface area contributed by atoms with Crippen LogP contribution in [0.15, 0.2) is 18.2 Å². The summed E-state index contributed by atoms with van der Waals surface area (Å²) >= 11 is 1.88. The molecule has 3 fully saturated rings. The fourth-order valence-electron chi connectivity index (χ4n) is 5.62. The predicted octanol–water partition coefficient (Wildman–Crippen LogP) is 3.97. The van der Waals surface area contributed by atoms with Gasteiger partial charge in [0.1, 0.15) is 5.82 Å². The Hall–Kier alpha value is -2.13. The van der Waals surface area contributed by atoms with Crippen molar-refractivity contribution in [3.05, 3.63) is 24.0 Å². The number of hydrogen-bond donors (Lipinski definition) is 0. The minimum Gasteiger partial charge on any atom is -0.352 e. The van der Waals surface area contributed by atoms with Gasteiger partial charge in [-0.1, -0.05) is 19.3 Å². The van der Waals surface area contributed by atoms with Gasteiger partial charge < -0.3 is 9.80 Å². The fraction of sp³-hybridized carbons (Fsp3) is 0.640. The van der Waals surface area contributed by atoms with Gasteiger partial charge in [-0.15, -0.1) is 16.9 Å². The average molecular weight is 488 g/mol. The molecule has 2 aromatic rings. The monoisotopic (exact) mass is 487 g/mol. The number of aromatic nitrogens is 2. The number of amides is 1. The van der Waals surface area contributed by atoms with Crippen LogP contribution in [0.2, 0.25) is 0 Å². The van der Waals surface area contributed by atoms with Crippen LogP contribution in [0.4, 0.5) is 10.2 Å². The van der Waals surface area contributed by atoms with Crippen LogP contribution in [0, 0.1) is 5.82 Å². The van der Waals surface area contributed by atoms with E-state index in [0.29, 0.717) is 11.4 Å². The molecule has 3 aliphatic rings. The first-order valence-corrected chi connectivity index (χ1v) is 13.6. The van der Waals surface area contributed by atoms with Gasteiger partial charge in [0.05, 0.1) is 16.1 Å². The second-order valence-corrected chi connectivity index (χ2v) is 11.2. The van der Waals surface area contributed by atoms with Gasteiger partial charge in [0.15, 0.2) is 5.82 Å². The first-order chi connectivity index (χ1) is 16.5. The molecule has 3 heterocycles. The Morgan fingerprint density at radius 2 is 1.82 bits per heavy atom. The van der Waals surface area contributed by atoms with Crippen molar-refractivity contribution in [2.24, 2.45) is 0 Å². The molecular formula is C25H34FN5O2S. The van der Waals surface area contributed by atoms with Gasteiger partial charge in [-0.05, 0) is 44.4 Å². The van der Waals surface area contributed by atoms with Gasteiger partial charge in [0.2, 0.25) is 11.8 Å². The van der Waals surface area contributed by atoms with Crippen molar-refractivity contribution in [2.45, 2.75) is 56.6 Å². The summed E-state index contributed by atoms with van der Waals surface area (Å²) in [6, 6.07) is 4.52. The summed E-state index contributed by atoms with van der Waals surface area (Å²) in [6.45, 7) is 6.85. The maximum Gasteiger partial charge on any atom is 0.244 e. The van der Waals surface area contributed by atoms with Gasteiger partial charge in [-0.25, -0.2) is 4.39 Å². The molecule has 1 spiro atoms. The lowest BCUT2D eigenvalue weighted by Crippen LogP contribution is -2.47. The number of thioether (sulfide) groups is 1. The number of benzene rings is 1. The summed E-state index contributed by atoms with van der Waals surface area (Å²) in [5.74, 6) is 1.43. The van der Waals surface area contributed by atoms with Crippen LogP contribution < -0.4 is 4.90 Å². The summed E-state index contributed by atoms with van der Waals surface area (Å²) in [4.78, 5) is 31.7. The fourth-order valence-corrected chi connectivity index (χ4v) is 7.10. The molecule has 2 aliphatic heterocycles. The van der Waals surface area contributed by atoms with Crippen molar-refractivity contribution >= 4 is 40.3 Å². The van der Waals surface area contributed by atoms with Crippen LogP contribution in [0.25, 0.3) is 10.9 Å². The minimum absolute atomic E-state index is 0.0973. The van der Waals surface area contributed by atoms with Crippen LogP contribution in [0.1, 0.15) is 56.7 Å². The Morgan fingerprint density at radius 1 is 1.09 bits per heavy atom. The second-order valence-electron chi connectivity index (χ2n) is 9.85. The molecule has 1 aromatic carbocycles. The number of piperazine rings is 1. The molecule has 9 heteroatoms. The van der Waals surface area contributed by atoms with E-state index in [0.717, 1.165) is 82.0 Å². The Labute approximate surface area is 204 Å². The molecule has 184 valence electrons. The zero-order valence-electron chi connectivity index (χ0n) is 20.0.